The lowest BCUT2D eigenvalue weighted by Crippen LogP contribution is -2.28. The number of ether oxygens (including phenoxy) is 2. The molecule has 1 atom stereocenters. The van der Waals surface area contributed by atoms with E-state index in [1.54, 1.807) is 19.1 Å². The van der Waals surface area contributed by atoms with Crippen molar-refractivity contribution in [3.05, 3.63) is 60.2 Å². The fourth-order valence-electron chi connectivity index (χ4n) is 2.20. The van der Waals surface area contributed by atoms with E-state index in [0.29, 0.717) is 5.75 Å². The lowest BCUT2D eigenvalue weighted by molar-refractivity contribution is -0.174. The Balaban J connectivity index is 1.78. The number of nitrogens with one attached hydrogen (secondary N) is 1. The summed E-state index contributed by atoms with van der Waals surface area (Å²) in [7, 11) is 0. The van der Waals surface area contributed by atoms with E-state index < -0.39 is 12.8 Å². The smallest absolute Gasteiger partial charge is 0.411 e. The van der Waals surface area contributed by atoms with Gasteiger partial charge in [0.2, 0.25) is 5.91 Å². The summed E-state index contributed by atoms with van der Waals surface area (Å²) in [5.41, 5.74) is 0.856. The topological polar surface area (TPSA) is 47.6 Å². The van der Waals surface area contributed by atoms with E-state index in [1.807, 2.05) is 42.5 Å². The third-order valence-corrected chi connectivity index (χ3v) is 3.48. The summed E-state index contributed by atoms with van der Waals surface area (Å²) in [6.45, 7) is 0.169. The molecule has 0 spiro atoms. The van der Waals surface area contributed by atoms with E-state index >= 15 is 0 Å². The average molecular weight is 367 g/mol. The molecule has 140 valence electrons. The number of hydrogen-bond acceptors (Lipinski definition) is 3. The quantitative estimate of drug-likeness (QED) is 0.693. The molecule has 7 heteroatoms. The van der Waals surface area contributed by atoms with Gasteiger partial charge < -0.3 is 14.8 Å². The van der Waals surface area contributed by atoms with Gasteiger partial charge in [-0.1, -0.05) is 30.3 Å². The second-order valence-corrected chi connectivity index (χ2v) is 5.69. The Morgan fingerprint density at radius 2 is 1.65 bits per heavy atom. The molecule has 4 nitrogen and oxygen atoms in total. The molecule has 2 aromatic rings. The molecular weight excluding hydrogens is 347 g/mol. The van der Waals surface area contributed by atoms with E-state index in [9.17, 15) is 18.0 Å². The van der Waals surface area contributed by atoms with Crippen LogP contribution in [0.15, 0.2) is 54.6 Å². The van der Waals surface area contributed by atoms with Crippen LogP contribution in [-0.2, 0) is 9.53 Å². The lowest BCUT2D eigenvalue weighted by atomic mass is 10.1. The monoisotopic (exact) mass is 367 g/mol. The Morgan fingerprint density at radius 1 is 1.04 bits per heavy atom. The summed E-state index contributed by atoms with van der Waals surface area (Å²) in [6.07, 6.45) is -4.51. The van der Waals surface area contributed by atoms with Crippen molar-refractivity contribution >= 4 is 5.91 Å². The molecule has 1 amide bonds. The van der Waals surface area contributed by atoms with Crippen molar-refractivity contribution in [2.75, 3.05) is 13.2 Å². The fourth-order valence-corrected chi connectivity index (χ4v) is 2.20. The van der Waals surface area contributed by atoms with E-state index in [0.717, 1.165) is 11.3 Å². The molecule has 0 radical (unpaired) electrons. The van der Waals surface area contributed by atoms with Gasteiger partial charge in [0.25, 0.3) is 0 Å². The second-order valence-electron chi connectivity index (χ2n) is 5.69. The predicted octanol–water partition coefficient (Wildman–Crippen LogP) is 4.63. The van der Waals surface area contributed by atoms with Gasteiger partial charge in [-0.25, -0.2) is 0 Å². The van der Waals surface area contributed by atoms with Gasteiger partial charge in [0, 0.05) is 6.42 Å². The maximum atomic E-state index is 11.9. The third-order valence-electron chi connectivity index (χ3n) is 3.48. The number of rotatable bonds is 8. The number of hydrogen-bond donors (Lipinski definition) is 1. The number of amides is 1. The van der Waals surface area contributed by atoms with Crippen LogP contribution < -0.4 is 10.1 Å². The molecule has 0 aliphatic carbocycles. The summed E-state index contributed by atoms with van der Waals surface area (Å²) >= 11 is 0. The first-order valence-electron chi connectivity index (χ1n) is 8.10. The first-order valence-corrected chi connectivity index (χ1v) is 8.10. The Bertz CT molecular complexity index is 687. The normalized spacial score (nSPS) is 12.5. The Morgan fingerprint density at radius 3 is 2.27 bits per heavy atom. The third kappa shape index (κ3) is 7.14. The molecule has 0 bridgehead atoms. The number of carbonyl (C=O) groups is 1. The van der Waals surface area contributed by atoms with Crippen molar-refractivity contribution in [1.29, 1.82) is 0 Å². The van der Waals surface area contributed by atoms with Crippen LogP contribution in [0.3, 0.4) is 0 Å². The molecule has 0 saturated carbocycles. The van der Waals surface area contributed by atoms with Gasteiger partial charge in [0.05, 0.1) is 12.6 Å². The predicted molar refractivity (Wildman–Crippen MR) is 91.0 cm³/mol. The molecule has 0 saturated heterocycles. The van der Waals surface area contributed by atoms with E-state index in [4.69, 9.17) is 4.74 Å². The van der Waals surface area contributed by atoms with Gasteiger partial charge in [0.1, 0.15) is 18.1 Å². The van der Waals surface area contributed by atoms with Gasteiger partial charge in [-0.3, -0.25) is 4.79 Å². The summed E-state index contributed by atoms with van der Waals surface area (Å²) < 4.78 is 46.0. The average Bonchev–Trinajstić information content (AvgIpc) is 2.59. The van der Waals surface area contributed by atoms with E-state index in [-0.39, 0.29) is 25.0 Å². The summed E-state index contributed by atoms with van der Waals surface area (Å²) in [6, 6.07) is 16.3. The zero-order valence-corrected chi connectivity index (χ0v) is 14.3. The maximum Gasteiger partial charge on any atom is 0.411 e. The SMILES string of the molecule is C[C@@H](NC(=O)CCOCC(F)(F)F)c1ccc(Oc2ccccc2)cc1. The minimum absolute atomic E-state index is 0.129. The molecule has 0 aliphatic rings. The molecule has 2 rings (SSSR count). The van der Waals surface area contributed by atoms with Crippen molar-refractivity contribution in [3.8, 4) is 11.5 Å². The second kappa shape index (κ2) is 9.24. The highest BCUT2D eigenvalue weighted by Crippen LogP contribution is 2.23. The van der Waals surface area contributed by atoms with Crippen LogP contribution in [0.2, 0.25) is 0 Å². The molecule has 0 heterocycles. The highest BCUT2D eigenvalue weighted by molar-refractivity contribution is 5.76. The van der Waals surface area contributed by atoms with Crippen LogP contribution in [0.4, 0.5) is 13.2 Å². The summed E-state index contributed by atoms with van der Waals surface area (Å²) in [5, 5.41) is 2.72. The van der Waals surface area contributed by atoms with Crippen molar-refractivity contribution in [2.45, 2.75) is 25.6 Å². The first-order chi connectivity index (χ1) is 12.3. The molecule has 0 aliphatic heterocycles. The number of benzene rings is 2. The van der Waals surface area contributed by atoms with Gasteiger partial charge in [-0.15, -0.1) is 0 Å². The van der Waals surface area contributed by atoms with Gasteiger partial charge in [-0.05, 0) is 36.8 Å². The Labute approximate surface area is 149 Å². The molecule has 26 heavy (non-hydrogen) atoms. The summed E-state index contributed by atoms with van der Waals surface area (Å²) in [4.78, 5) is 11.8. The molecule has 1 N–H and O–H groups in total. The van der Waals surface area contributed by atoms with Crippen molar-refractivity contribution in [2.24, 2.45) is 0 Å². The lowest BCUT2D eigenvalue weighted by Gasteiger charge is -2.15. The highest BCUT2D eigenvalue weighted by Gasteiger charge is 2.27. The number of alkyl halides is 3. The van der Waals surface area contributed by atoms with Gasteiger partial charge in [-0.2, -0.15) is 13.2 Å². The molecule has 0 aromatic heterocycles. The van der Waals surface area contributed by atoms with Gasteiger partial charge in [0.15, 0.2) is 0 Å². The number of halogens is 3. The van der Waals surface area contributed by atoms with E-state index in [1.165, 1.54) is 0 Å². The standard InChI is InChI=1S/C19H20F3NO3/c1-14(23-18(24)11-12-25-13-19(20,21)22)15-7-9-17(10-8-15)26-16-5-3-2-4-6-16/h2-10,14H,11-13H2,1H3,(H,23,24)/t14-/m1/s1. The van der Waals surface area contributed by atoms with Crippen molar-refractivity contribution in [3.63, 3.8) is 0 Å². The van der Waals surface area contributed by atoms with Crippen LogP contribution >= 0.6 is 0 Å². The highest BCUT2D eigenvalue weighted by atomic mass is 19.4. The number of para-hydroxylation sites is 1. The van der Waals surface area contributed by atoms with Crippen LogP contribution in [-0.4, -0.2) is 25.3 Å². The first kappa shape index (κ1) is 19.8. The van der Waals surface area contributed by atoms with Crippen molar-refractivity contribution in [1.82, 2.24) is 5.32 Å². The van der Waals surface area contributed by atoms with Crippen LogP contribution in [0.1, 0.15) is 24.9 Å². The zero-order valence-electron chi connectivity index (χ0n) is 14.3. The molecular formula is C19H20F3NO3. The van der Waals surface area contributed by atoms with Crippen LogP contribution in [0.25, 0.3) is 0 Å². The van der Waals surface area contributed by atoms with Crippen LogP contribution in [0.5, 0.6) is 11.5 Å². The number of carbonyl (C=O) groups excluding carboxylic acids is 1. The minimum atomic E-state index is -4.38. The van der Waals surface area contributed by atoms with E-state index in [2.05, 4.69) is 10.1 Å². The minimum Gasteiger partial charge on any atom is -0.457 e. The largest absolute Gasteiger partial charge is 0.457 e. The maximum absolute atomic E-state index is 11.9. The Hall–Kier alpha value is -2.54. The van der Waals surface area contributed by atoms with Crippen molar-refractivity contribution < 1.29 is 27.4 Å². The zero-order chi connectivity index (χ0) is 19.0. The van der Waals surface area contributed by atoms with Gasteiger partial charge >= 0.3 is 6.18 Å². The molecule has 0 fully saturated rings. The fraction of sp³-hybridized carbons (Fsp3) is 0.316. The molecule has 0 unspecified atom stereocenters. The van der Waals surface area contributed by atoms with Crippen LogP contribution in [0, 0.1) is 0 Å². The molecule has 2 aromatic carbocycles. The summed E-state index contributed by atoms with van der Waals surface area (Å²) in [5.74, 6) is 1.02. The Kier molecular flexibility index (Phi) is 7.03.